The summed E-state index contributed by atoms with van der Waals surface area (Å²) in [4.78, 5) is 37.2. The van der Waals surface area contributed by atoms with Crippen molar-refractivity contribution in [2.24, 2.45) is 0 Å². The Bertz CT molecular complexity index is 1420. The topological polar surface area (TPSA) is 138 Å². The summed E-state index contributed by atoms with van der Waals surface area (Å²) in [5.41, 5.74) is 3.84. The first-order valence-electron chi connectivity index (χ1n) is 21.6. The maximum absolute atomic E-state index is 12.7. The molecule has 1 unspecified atom stereocenters. The molecule has 0 spiro atoms. The standard InChI is InChI=1S/C44H76NO10P/c1-8-24-38-32-35(3)40(53-38)26-20-16-12-10-11-13-18-22-28-43(46)50-33-39(34-52-56(48,49)51-31-30-45(6)7)54-44(47)29-23-19-15-14-17-21-27-42-37(5)36(4)41(55-42)25-9-2/h32,39H,8-31,33-34H2,1-7H3,(H,48,49)/t39-/m1/s1. The molecule has 2 aromatic heterocycles. The molecule has 2 heterocycles. The number of likely N-dealkylation sites (N-methyl/N-ethyl adjacent to an activating group) is 1. The van der Waals surface area contributed by atoms with Crippen LogP contribution in [0.5, 0.6) is 0 Å². The van der Waals surface area contributed by atoms with Gasteiger partial charge in [0.25, 0.3) is 0 Å². The molecule has 1 N–H and O–H groups in total. The van der Waals surface area contributed by atoms with Gasteiger partial charge in [0.2, 0.25) is 0 Å². The van der Waals surface area contributed by atoms with Gasteiger partial charge in [0.05, 0.1) is 13.2 Å². The van der Waals surface area contributed by atoms with Crippen molar-refractivity contribution in [3.8, 4) is 0 Å². The molecule has 0 saturated carbocycles. The number of rotatable bonds is 34. The van der Waals surface area contributed by atoms with Gasteiger partial charge in [0, 0.05) is 45.1 Å². The number of nitrogens with zero attached hydrogens (tertiary/aromatic N) is 1. The molecule has 0 saturated heterocycles. The van der Waals surface area contributed by atoms with Crippen LogP contribution in [0.1, 0.15) is 169 Å². The normalized spacial score (nSPS) is 13.3. The fourth-order valence-electron chi connectivity index (χ4n) is 6.68. The Hall–Kier alpha value is -2.43. The molecule has 0 fully saturated rings. The van der Waals surface area contributed by atoms with Crippen molar-refractivity contribution in [3.05, 3.63) is 45.8 Å². The molecule has 0 bridgehead atoms. The lowest BCUT2D eigenvalue weighted by Gasteiger charge is -2.20. The molecule has 2 aromatic rings. The van der Waals surface area contributed by atoms with Gasteiger partial charge in [-0.3, -0.25) is 18.6 Å². The largest absolute Gasteiger partial charge is 0.472 e. The van der Waals surface area contributed by atoms with E-state index in [9.17, 15) is 19.0 Å². The second-order valence-electron chi connectivity index (χ2n) is 15.7. The van der Waals surface area contributed by atoms with E-state index in [4.69, 9.17) is 27.4 Å². The Labute approximate surface area is 338 Å². The third-order valence-electron chi connectivity index (χ3n) is 10.2. The number of phosphoric ester groups is 1. The van der Waals surface area contributed by atoms with E-state index in [0.29, 0.717) is 19.4 Å². The molecule has 0 aromatic carbocycles. The van der Waals surface area contributed by atoms with E-state index in [2.05, 4.69) is 40.7 Å². The average molecular weight is 810 g/mol. The molecule has 2 rings (SSSR count). The molecule has 2 atom stereocenters. The van der Waals surface area contributed by atoms with E-state index < -0.39 is 32.5 Å². The van der Waals surface area contributed by atoms with E-state index in [1.54, 1.807) is 0 Å². The summed E-state index contributed by atoms with van der Waals surface area (Å²) >= 11 is 0. The van der Waals surface area contributed by atoms with Crippen molar-refractivity contribution in [1.29, 1.82) is 0 Å². The molecule has 0 aliphatic carbocycles. The van der Waals surface area contributed by atoms with Crippen LogP contribution in [0.25, 0.3) is 0 Å². The lowest BCUT2D eigenvalue weighted by Crippen LogP contribution is -2.29. The Morgan fingerprint density at radius 1 is 0.679 bits per heavy atom. The van der Waals surface area contributed by atoms with E-state index in [0.717, 1.165) is 119 Å². The highest BCUT2D eigenvalue weighted by molar-refractivity contribution is 7.47. The van der Waals surface area contributed by atoms with Crippen LogP contribution in [0.3, 0.4) is 0 Å². The smallest absolute Gasteiger partial charge is 0.466 e. The summed E-state index contributed by atoms with van der Waals surface area (Å²) in [7, 11) is -0.750. The predicted molar refractivity (Wildman–Crippen MR) is 222 cm³/mol. The zero-order chi connectivity index (χ0) is 41.2. The summed E-state index contributed by atoms with van der Waals surface area (Å²) in [5, 5.41) is 0. The van der Waals surface area contributed by atoms with Crippen LogP contribution in [-0.2, 0) is 58.4 Å². The maximum atomic E-state index is 12.7. The van der Waals surface area contributed by atoms with Crippen LogP contribution < -0.4 is 0 Å². The molecule has 56 heavy (non-hydrogen) atoms. The Morgan fingerprint density at radius 2 is 1.20 bits per heavy atom. The second kappa shape index (κ2) is 28.9. The minimum Gasteiger partial charge on any atom is -0.466 e. The van der Waals surface area contributed by atoms with Gasteiger partial charge in [-0.2, -0.15) is 0 Å². The number of carbonyl (C=O) groups is 2. The minimum atomic E-state index is -4.38. The van der Waals surface area contributed by atoms with Gasteiger partial charge >= 0.3 is 19.8 Å². The van der Waals surface area contributed by atoms with Crippen molar-refractivity contribution in [2.45, 2.75) is 182 Å². The molecule has 0 aliphatic rings. The number of unbranched alkanes of at least 4 members (excludes halogenated alkanes) is 12. The molecule has 11 nitrogen and oxygen atoms in total. The summed E-state index contributed by atoms with van der Waals surface area (Å²) in [6.07, 6.45) is 19.9. The Morgan fingerprint density at radius 3 is 1.77 bits per heavy atom. The zero-order valence-electron chi connectivity index (χ0n) is 36.1. The highest BCUT2D eigenvalue weighted by Crippen LogP contribution is 2.43. The number of esters is 2. The maximum Gasteiger partial charge on any atom is 0.472 e. The third-order valence-corrected chi connectivity index (χ3v) is 11.2. The van der Waals surface area contributed by atoms with E-state index in [1.807, 2.05) is 19.0 Å². The van der Waals surface area contributed by atoms with Gasteiger partial charge in [0.1, 0.15) is 29.6 Å². The van der Waals surface area contributed by atoms with Gasteiger partial charge in [0.15, 0.2) is 6.10 Å². The van der Waals surface area contributed by atoms with Crippen LogP contribution in [0.15, 0.2) is 14.9 Å². The number of phosphoric acid groups is 1. The predicted octanol–water partition coefficient (Wildman–Crippen LogP) is 10.9. The van der Waals surface area contributed by atoms with Crippen molar-refractivity contribution < 1.29 is 46.4 Å². The van der Waals surface area contributed by atoms with Crippen molar-refractivity contribution in [3.63, 3.8) is 0 Å². The highest BCUT2D eigenvalue weighted by atomic mass is 31.2. The molecular formula is C44H76NO10P. The van der Waals surface area contributed by atoms with E-state index >= 15 is 0 Å². The van der Waals surface area contributed by atoms with Gasteiger partial charge in [-0.1, -0.05) is 78.1 Å². The Kier molecular flexibility index (Phi) is 25.6. The summed E-state index contributed by atoms with van der Waals surface area (Å²) in [6.45, 7) is 10.5. The summed E-state index contributed by atoms with van der Waals surface area (Å²) < 4.78 is 45.7. The number of hydrogen-bond donors (Lipinski definition) is 1. The molecule has 0 amide bonds. The Balaban J connectivity index is 1.64. The first-order chi connectivity index (χ1) is 26.8. The quantitative estimate of drug-likeness (QED) is 0.0411. The molecule has 0 radical (unpaired) electrons. The third kappa shape index (κ3) is 21.9. The first kappa shape index (κ1) is 49.7. The zero-order valence-corrected chi connectivity index (χ0v) is 36.9. The molecule has 12 heteroatoms. The van der Waals surface area contributed by atoms with E-state index in [-0.39, 0.29) is 26.1 Å². The average Bonchev–Trinajstić information content (AvgIpc) is 3.63. The van der Waals surface area contributed by atoms with Crippen LogP contribution in [-0.4, -0.2) is 68.3 Å². The van der Waals surface area contributed by atoms with Crippen molar-refractivity contribution in [2.75, 3.05) is 40.5 Å². The number of carbonyl (C=O) groups excluding carboxylic acids is 2. The van der Waals surface area contributed by atoms with Gasteiger partial charge < -0.3 is 28.1 Å². The minimum absolute atomic E-state index is 0.00629. The number of ether oxygens (including phenoxy) is 2. The molecule has 322 valence electrons. The van der Waals surface area contributed by atoms with Gasteiger partial charge in [-0.05, 0) is 96.1 Å². The van der Waals surface area contributed by atoms with Crippen molar-refractivity contribution >= 4 is 19.8 Å². The number of aryl methyl sites for hydroxylation is 5. The van der Waals surface area contributed by atoms with Crippen LogP contribution in [0, 0.1) is 20.8 Å². The fourth-order valence-corrected chi connectivity index (χ4v) is 7.42. The van der Waals surface area contributed by atoms with Gasteiger partial charge in [-0.15, -0.1) is 0 Å². The SMILES string of the molecule is CCCc1cc(C)c(CCCCCCCCCCC(=O)OC[C@H](COP(=O)(O)OCCN(C)C)OC(=O)CCCCCCCCc2oc(CCC)c(C)c2C)o1. The summed E-state index contributed by atoms with van der Waals surface area (Å²) in [6, 6.07) is 2.18. The number of hydrogen-bond acceptors (Lipinski definition) is 10. The van der Waals surface area contributed by atoms with E-state index in [1.165, 1.54) is 36.0 Å². The lowest BCUT2D eigenvalue weighted by molar-refractivity contribution is -0.161. The molecule has 0 aliphatic heterocycles. The monoisotopic (exact) mass is 810 g/mol. The first-order valence-corrected chi connectivity index (χ1v) is 23.1. The van der Waals surface area contributed by atoms with Crippen LogP contribution in [0.2, 0.25) is 0 Å². The fraction of sp³-hybridized carbons (Fsp3) is 0.773. The highest BCUT2D eigenvalue weighted by Gasteiger charge is 2.26. The van der Waals surface area contributed by atoms with Crippen LogP contribution in [0.4, 0.5) is 0 Å². The summed E-state index contributed by atoms with van der Waals surface area (Å²) in [5.74, 6) is 3.61. The number of furan rings is 2. The van der Waals surface area contributed by atoms with Crippen molar-refractivity contribution in [1.82, 2.24) is 4.90 Å². The lowest BCUT2D eigenvalue weighted by atomic mass is 10.0. The second-order valence-corrected chi connectivity index (χ2v) is 17.1. The molecular weight excluding hydrogens is 733 g/mol. The van der Waals surface area contributed by atoms with Crippen LogP contribution >= 0.6 is 7.82 Å². The van der Waals surface area contributed by atoms with Gasteiger partial charge in [-0.25, -0.2) is 4.57 Å².